The van der Waals surface area contributed by atoms with E-state index in [9.17, 15) is 9.59 Å². The third-order valence-electron chi connectivity index (χ3n) is 4.99. The van der Waals surface area contributed by atoms with Crippen molar-refractivity contribution < 1.29 is 14.7 Å². The molecule has 0 unspecified atom stereocenters. The van der Waals surface area contributed by atoms with Crippen LogP contribution in [0.3, 0.4) is 0 Å². The van der Waals surface area contributed by atoms with Crippen LogP contribution in [0, 0.1) is 5.92 Å². The van der Waals surface area contributed by atoms with E-state index in [4.69, 9.17) is 10.8 Å². The first kappa shape index (κ1) is 18.0. The third-order valence-corrected chi connectivity index (χ3v) is 4.99. The summed E-state index contributed by atoms with van der Waals surface area (Å²) in [5, 5.41) is 11.5. The number of hydrogen-bond acceptors (Lipinski definition) is 4. The van der Waals surface area contributed by atoms with Gasteiger partial charge in [-0.05, 0) is 36.6 Å². The van der Waals surface area contributed by atoms with Gasteiger partial charge in [0, 0.05) is 31.2 Å². The summed E-state index contributed by atoms with van der Waals surface area (Å²) >= 11 is 0. The molecule has 0 atom stereocenters. The molecule has 0 saturated carbocycles. The number of carbonyl (C=O) groups excluding carboxylic acids is 1. The van der Waals surface area contributed by atoms with Crippen molar-refractivity contribution in [3.05, 3.63) is 36.5 Å². The van der Waals surface area contributed by atoms with Crippen LogP contribution in [0.15, 0.2) is 36.5 Å². The zero-order chi connectivity index (χ0) is 18.5. The van der Waals surface area contributed by atoms with Crippen LogP contribution in [-0.2, 0) is 4.79 Å². The zero-order valence-corrected chi connectivity index (χ0v) is 14.7. The van der Waals surface area contributed by atoms with E-state index < -0.39 is 12.0 Å². The van der Waals surface area contributed by atoms with Crippen LogP contribution in [0.1, 0.15) is 19.3 Å². The maximum Gasteiger partial charge on any atom is 0.407 e. The highest BCUT2D eigenvalue weighted by atomic mass is 16.4. The molecule has 7 nitrogen and oxygen atoms in total. The number of nitrogens with two attached hydrogens (primary N) is 1. The van der Waals surface area contributed by atoms with Gasteiger partial charge in [0.1, 0.15) is 12.4 Å². The highest BCUT2D eigenvalue weighted by Crippen LogP contribution is 2.29. The number of primary amides is 1. The van der Waals surface area contributed by atoms with E-state index in [1.807, 2.05) is 24.4 Å². The largest absolute Gasteiger partial charge is 0.465 e. The average molecular weight is 356 g/mol. The Kier molecular flexibility index (Phi) is 5.55. The number of aromatic nitrogens is 1. The number of nitrogens with zero attached hydrogens (tertiary/aromatic N) is 3. The van der Waals surface area contributed by atoms with Crippen LogP contribution < -0.4 is 10.6 Å². The third kappa shape index (κ3) is 4.22. The smallest absolute Gasteiger partial charge is 0.407 e. The molecule has 2 aromatic rings. The van der Waals surface area contributed by atoms with Crippen LogP contribution in [0.5, 0.6) is 0 Å². The SMILES string of the molecule is NC(=O)CN(CCC1CCN(c2nccc3ccccc23)CC1)C(=O)O. The van der Waals surface area contributed by atoms with E-state index in [1.165, 1.54) is 5.39 Å². The van der Waals surface area contributed by atoms with Gasteiger partial charge in [0.05, 0.1) is 0 Å². The fourth-order valence-corrected chi connectivity index (χ4v) is 3.56. The Balaban J connectivity index is 1.57. The minimum atomic E-state index is -1.10. The van der Waals surface area contributed by atoms with E-state index in [0.717, 1.165) is 48.5 Å². The van der Waals surface area contributed by atoms with Gasteiger partial charge >= 0.3 is 6.09 Å². The molecule has 0 bridgehead atoms. The highest BCUT2D eigenvalue weighted by molar-refractivity contribution is 5.92. The van der Waals surface area contributed by atoms with E-state index >= 15 is 0 Å². The van der Waals surface area contributed by atoms with Crippen molar-refractivity contribution >= 4 is 28.6 Å². The van der Waals surface area contributed by atoms with Crippen LogP contribution in [-0.4, -0.2) is 53.2 Å². The van der Waals surface area contributed by atoms with Crippen molar-refractivity contribution in [2.75, 3.05) is 31.1 Å². The van der Waals surface area contributed by atoms with Gasteiger partial charge < -0.3 is 15.7 Å². The summed E-state index contributed by atoms with van der Waals surface area (Å²) in [4.78, 5) is 30.1. The van der Waals surface area contributed by atoms with E-state index in [-0.39, 0.29) is 6.54 Å². The number of carboxylic acid groups (broad SMARTS) is 1. The molecule has 1 fully saturated rings. The number of amides is 2. The molecule has 7 heteroatoms. The lowest BCUT2D eigenvalue weighted by molar-refractivity contribution is -0.118. The standard InChI is InChI=1S/C19H24N4O3/c20-17(24)13-23(19(25)26)12-8-14-6-10-22(11-7-14)18-16-4-2-1-3-15(16)5-9-21-18/h1-5,9,14H,6-8,10-13H2,(H2,20,24)(H,25,26). The van der Waals surface area contributed by atoms with Crippen LogP contribution in [0.4, 0.5) is 10.6 Å². The van der Waals surface area contributed by atoms with Crippen LogP contribution in [0.2, 0.25) is 0 Å². The van der Waals surface area contributed by atoms with E-state index in [1.54, 1.807) is 0 Å². The second kappa shape index (κ2) is 8.03. The minimum Gasteiger partial charge on any atom is -0.465 e. The number of carbonyl (C=O) groups is 2. The maximum atomic E-state index is 11.2. The molecule has 1 aromatic heterocycles. The highest BCUT2D eigenvalue weighted by Gasteiger charge is 2.23. The van der Waals surface area contributed by atoms with Gasteiger partial charge in [-0.15, -0.1) is 0 Å². The van der Waals surface area contributed by atoms with Gasteiger partial charge in [0.15, 0.2) is 0 Å². The van der Waals surface area contributed by atoms with Crippen molar-refractivity contribution in [2.24, 2.45) is 11.7 Å². The van der Waals surface area contributed by atoms with Crippen molar-refractivity contribution in [3.8, 4) is 0 Å². The van der Waals surface area contributed by atoms with Gasteiger partial charge in [0.25, 0.3) is 0 Å². The fourth-order valence-electron chi connectivity index (χ4n) is 3.56. The monoisotopic (exact) mass is 356 g/mol. The van der Waals surface area contributed by atoms with E-state index in [0.29, 0.717) is 12.5 Å². The summed E-state index contributed by atoms with van der Waals surface area (Å²) < 4.78 is 0. The first-order valence-electron chi connectivity index (χ1n) is 8.89. The normalized spacial score (nSPS) is 15.2. The molecular weight excluding hydrogens is 332 g/mol. The second-order valence-corrected chi connectivity index (χ2v) is 6.75. The Morgan fingerprint density at radius 3 is 2.65 bits per heavy atom. The Hall–Kier alpha value is -2.83. The van der Waals surface area contributed by atoms with Gasteiger partial charge in [-0.2, -0.15) is 0 Å². The molecule has 3 rings (SSSR count). The summed E-state index contributed by atoms with van der Waals surface area (Å²) in [6.07, 6.45) is 3.46. The van der Waals surface area contributed by atoms with Crippen LogP contribution in [0.25, 0.3) is 10.8 Å². The van der Waals surface area contributed by atoms with Crippen molar-refractivity contribution in [3.63, 3.8) is 0 Å². The van der Waals surface area contributed by atoms with Gasteiger partial charge in [-0.3, -0.25) is 9.69 Å². The van der Waals surface area contributed by atoms with E-state index in [2.05, 4.69) is 22.0 Å². The molecule has 1 saturated heterocycles. The summed E-state index contributed by atoms with van der Waals surface area (Å²) in [6.45, 7) is 1.90. The molecule has 0 radical (unpaired) electrons. The summed E-state index contributed by atoms with van der Waals surface area (Å²) in [6, 6.07) is 10.3. The molecule has 3 N–H and O–H groups in total. The minimum absolute atomic E-state index is 0.242. The molecule has 0 spiro atoms. The van der Waals surface area contributed by atoms with Crippen molar-refractivity contribution in [1.82, 2.24) is 9.88 Å². The number of hydrogen-bond donors (Lipinski definition) is 2. The second-order valence-electron chi connectivity index (χ2n) is 6.75. The summed E-state index contributed by atoms with van der Waals surface area (Å²) in [5.74, 6) is 0.836. The number of piperidine rings is 1. The molecular formula is C19H24N4O3. The number of benzene rings is 1. The van der Waals surface area contributed by atoms with Crippen LogP contribution >= 0.6 is 0 Å². The summed E-state index contributed by atoms with van der Waals surface area (Å²) in [7, 11) is 0. The molecule has 26 heavy (non-hydrogen) atoms. The summed E-state index contributed by atoms with van der Waals surface area (Å²) in [5.41, 5.74) is 5.11. The molecule has 2 heterocycles. The lowest BCUT2D eigenvalue weighted by Crippen LogP contribution is -2.40. The molecule has 138 valence electrons. The predicted octanol–water partition coefficient (Wildman–Crippen LogP) is 2.31. The van der Waals surface area contributed by atoms with Crippen molar-refractivity contribution in [1.29, 1.82) is 0 Å². The average Bonchev–Trinajstić information content (AvgIpc) is 2.64. The molecule has 1 aliphatic rings. The Morgan fingerprint density at radius 2 is 1.96 bits per heavy atom. The maximum absolute atomic E-state index is 11.2. The number of pyridine rings is 1. The number of anilines is 1. The first-order chi connectivity index (χ1) is 12.5. The Morgan fingerprint density at radius 1 is 1.23 bits per heavy atom. The topological polar surface area (TPSA) is 99.8 Å². The molecule has 1 aromatic carbocycles. The van der Waals surface area contributed by atoms with Crippen molar-refractivity contribution in [2.45, 2.75) is 19.3 Å². The molecule has 2 amide bonds. The number of fused-ring (bicyclic) bond motifs is 1. The quantitative estimate of drug-likeness (QED) is 0.827. The molecule has 0 aliphatic carbocycles. The van der Waals surface area contributed by atoms with Gasteiger partial charge in [-0.25, -0.2) is 9.78 Å². The number of rotatable bonds is 6. The Bertz CT molecular complexity index is 782. The fraction of sp³-hybridized carbons (Fsp3) is 0.421. The van der Waals surface area contributed by atoms with Gasteiger partial charge in [0.2, 0.25) is 5.91 Å². The Labute approximate surface area is 152 Å². The lowest BCUT2D eigenvalue weighted by atomic mass is 9.93. The molecule has 1 aliphatic heterocycles. The lowest BCUT2D eigenvalue weighted by Gasteiger charge is -2.34. The predicted molar refractivity (Wildman–Crippen MR) is 100 cm³/mol. The first-order valence-corrected chi connectivity index (χ1v) is 8.89. The van der Waals surface area contributed by atoms with Gasteiger partial charge in [-0.1, -0.05) is 24.3 Å². The zero-order valence-electron chi connectivity index (χ0n) is 14.7.